The van der Waals surface area contributed by atoms with Gasteiger partial charge in [0.15, 0.2) is 11.6 Å². The molecule has 3 rings (SSSR count). The number of aliphatic hydroxyl groups excluding tert-OH is 1. The molecule has 0 aromatic heterocycles. The van der Waals surface area contributed by atoms with Crippen LogP contribution in [0.15, 0.2) is 54.6 Å². The van der Waals surface area contributed by atoms with Gasteiger partial charge in [-0.15, -0.1) is 0 Å². The fourth-order valence-corrected chi connectivity index (χ4v) is 3.31. The van der Waals surface area contributed by atoms with Gasteiger partial charge in [0.25, 0.3) is 0 Å². The lowest BCUT2D eigenvalue weighted by Gasteiger charge is -2.24. The Balaban J connectivity index is 1.42. The fourth-order valence-electron chi connectivity index (χ4n) is 3.31. The van der Waals surface area contributed by atoms with Crippen molar-refractivity contribution in [2.75, 3.05) is 39.3 Å². The van der Waals surface area contributed by atoms with Gasteiger partial charge in [0.2, 0.25) is 0 Å². The minimum Gasteiger partial charge on any atom is -0.488 e. The Morgan fingerprint density at radius 2 is 1.62 bits per heavy atom. The van der Waals surface area contributed by atoms with Gasteiger partial charge in [0.1, 0.15) is 12.7 Å². The first-order valence-corrected chi connectivity index (χ1v) is 9.25. The van der Waals surface area contributed by atoms with Gasteiger partial charge in [-0.3, -0.25) is 9.80 Å². The summed E-state index contributed by atoms with van der Waals surface area (Å²) in [5.41, 5.74) is 1.33. The van der Waals surface area contributed by atoms with E-state index in [0.717, 1.165) is 39.1 Å². The highest BCUT2D eigenvalue weighted by Crippen LogP contribution is 2.16. The molecule has 0 radical (unpaired) electrons. The Bertz CT molecular complexity index is 668. The van der Waals surface area contributed by atoms with Gasteiger partial charge in [-0.25, -0.2) is 4.39 Å². The molecule has 0 spiro atoms. The lowest BCUT2D eigenvalue weighted by atomic mass is 10.2. The third-order valence-corrected chi connectivity index (χ3v) is 4.67. The van der Waals surface area contributed by atoms with Gasteiger partial charge in [-0.1, -0.05) is 42.5 Å². The van der Waals surface area contributed by atoms with E-state index in [9.17, 15) is 9.50 Å². The summed E-state index contributed by atoms with van der Waals surface area (Å²) in [6, 6.07) is 16.8. The van der Waals surface area contributed by atoms with Crippen LogP contribution in [0.3, 0.4) is 0 Å². The Morgan fingerprint density at radius 3 is 2.42 bits per heavy atom. The molecule has 26 heavy (non-hydrogen) atoms. The number of halogens is 1. The maximum Gasteiger partial charge on any atom is 0.165 e. The molecule has 2 aromatic carbocycles. The number of para-hydroxylation sites is 1. The molecule has 1 unspecified atom stereocenters. The SMILES string of the molecule is OC(COc1ccccc1F)CN1CCCN(Cc2ccccc2)CC1. The van der Waals surface area contributed by atoms with Crippen LogP contribution >= 0.6 is 0 Å². The topological polar surface area (TPSA) is 35.9 Å². The fraction of sp³-hybridized carbons (Fsp3) is 0.429. The summed E-state index contributed by atoms with van der Waals surface area (Å²) in [7, 11) is 0. The van der Waals surface area contributed by atoms with Crippen LogP contribution < -0.4 is 4.74 Å². The summed E-state index contributed by atoms with van der Waals surface area (Å²) in [6.07, 6.45) is 0.448. The number of hydrogen-bond acceptors (Lipinski definition) is 4. The van der Waals surface area contributed by atoms with Crippen molar-refractivity contribution in [2.24, 2.45) is 0 Å². The van der Waals surface area contributed by atoms with Crippen LogP contribution in [0.2, 0.25) is 0 Å². The summed E-state index contributed by atoms with van der Waals surface area (Å²) in [6.45, 7) is 5.54. The molecule has 0 saturated carbocycles. The average Bonchev–Trinajstić information content (AvgIpc) is 2.87. The summed E-state index contributed by atoms with van der Waals surface area (Å²) in [5.74, 6) is -0.206. The number of nitrogens with zero attached hydrogens (tertiary/aromatic N) is 2. The van der Waals surface area contributed by atoms with E-state index in [1.54, 1.807) is 18.2 Å². The highest BCUT2D eigenvalue weighted by atomic mass is 19.1. The Labute approximate surface area is 154 Å². The molecular weight excluding hydrogens is 331 g/mol. The molecule has 1 N–H and O–H groups in total. The standard InChI is InChI=1S/C21H27FN2O2/c22-20-9-4-5-10-21(20)26-17-19(25)16-24-12-6-11-23(13-14-24)15-18-7-2-1-3-8-18/h1-5,7-10,19,25H,6,11-17H2. The van der Waals surface area contributed by atoms with Gasteiger partial charge in [-0.2, -0.15) is 0 Å². The van der Waals surface area contributed by atoms with E-state index in [1.165, 1.54) is 11.6 Å². The second kappa shape index (κ2) is 9.67. The number of β-amino-alcohol motifs (C(OH)–C–C–N with tert-alkyl or cyclic N) is 1. The van der Waals surface area contributed by atoms with E-state index in [-0.39, 0.29) is 12.4 Å². The quantitative estimate of drug-likeness (QED) is 0.826. The third-order valence-electron chi connectivity index (χ3n) is 4.67. The molecule has 1 fully saturated rings. The van der Waals surface area contributed by atoms with Crippen LogP contribution in [0.5, 0.6) is 5.75 Å². The number of rotatable bonds is 7. The highest BCUT2D eigenvalue weighted by molar-refractivity contribution is 5.23. The molecular formula is C21H27FN2O2. The van der Waals surface area contributed by atoms with Crippen molar-refractivity contribution in [1.82, 2.24) is 9.80 Å². The van der Waals surface area contributed by atoms with E-state index in [4.69, 9.17) is 4.74 Å². The number of hydrogen-bond donors (Lipinski definition) is 1. The van der Waals surface area contributed by atoms with E-state index < -0.39 is 11.9 Å². The monoisotopic (exact) mass is 358 g/mol. The molecule has 4 nitrogen and oxygen atoms in total. The second-order valence-corrected chi connectivity index (χ2v) is 6.81. The molecule has 5 heteroatoms. The zero-order valence-electron chi connectivity index (χ0n) is 15.1. The normalized spacial score (nSPS) is 17.6. The van der Waals surface area contributed by atoms with Crippen LogP contribution in [0.25, 0.3) is 0 Å². The summed E-state index contributed by atoms with van der Waals surface area (Å²) in [4.78, 5) is 4.72. The van der Waals surface area contributed by atoms with Gasteiger partial charge >= 0.3 is 0 Å². The molecule has 0 bridgehead atoms. The molecule has 140 valence electrons. The van der Waals surface area contributed by atoms with Crippen LogP contribution in [-0.4, -0.2) is 60.3 Å². The Hall–Kier alpha value is -1.95. The average molecular weight is 358 g/mol. The molecule has 1 atom stereocenters. The van der Waals surface area contributed by atoms with Crippen molar-refractivity contribution >= 4 is 0 Å². The molecule has 1 aliphatic heterocycles. The second-order valence-electron chi connectivity index (χ2n) is 6.81. The van der Waals surface area contributed by atoms with Gasteiger partial charge in [-0.05, 0) is 37.2 Å². The Kier molecular flexibility index (Phi) is 7.00. The minimum atomic E-state index is -0.629. The molecule has 1 saturated heterocycles. The maximum atomic E-state index is 13.6. The maximum absolute atomic E-state index is 13.6. The zero-order valence-corrected chi connectivity index (χ0v) is 15.1. The largest absolute Gasteiger partial charge is 0.488 e. The van der Waals surface area contributed by atoms with E-state index in [2.05, 4.69) is 34.1 Å². The summed E-state index contributed by atoms with van der Waals surface area (Å²) >= 11 is 0. The first-order chi connectivity index (χ1) is 12.7. The van der Waals surface area contributed by atoms with E-state index in [0.29, 0.717) is 6.54 Å². The van der Waals surface area contributed by atoms with Crippen molar-refractivity contribution in [3.05, 3.63) is 66.0 Å². The zero-order chi connectivity index (χ0) is 18.2. The summed E-state index contributed by atoms with van der Waals surface area (Å²) in [5, 5.41) is 10.2. The lowest BCUT2D eigenvalue weighted by Crippen LogP contribution is -2.38. The van der Waals surface area contributed by atoms with Gasteiger partial charge in [0.05, 0.1) is 0 Å². The van der Waals surface area contributed by atoms with Crippen molar-refractivity contribution in [3.63, 3.8) is 0 Å². The number of ether oxygens (including phenoxy) is 1. The predicted octanol–water partition coefficient (Wildman–Crippen LogP) is 2.77. The van der Waals surface area contributed by atoms with Crippen LogP contribution in [-0.2, 0) is 6.54 Å². The smallest absolute Gasteiger partial charge is 0.165 e. The number of aliphatic hydroxyl groups is 1. The van der Waals surface area contributed by atoms with E-state index in [1.807, 2.05) is 6.07 Å². The first kappa shape index (κ1) is 18.8. The predicted molar refractivity (Wildman–Crippen MR) is 101 cm³/mol. The molecule has 0 aliphatic carbocycles. The van der Waals surface area contributed by atoms with Crippen LogP contribution in [0, 0.1) is 5.82 Å². The Morgan fingerprint density at radius 1 is 0.923 bits per heavy atom. The highest BCUT2D eigenvalue weighted by Gasteiger charge is 2.18. The van der Waals surface area contributed by atoms with Crippen LogP contribution in [0.4, 0.5) is 4.39 Å². The minimum absolute atomic E-state index is 0.102. The van der Waals surface area contributed by atoms with Crippen molar-refractivity contribution in [2.45, 2.75) is 19.1 Å². The first-order valence-electron chi connectivity index (χ1n) is 9.25. The van der Waals surface area contributed by atoms with Crippen molar-refractivity contribution in [1.29, 1.82) is 0 Å². The van der Waals surface area contributed by atoms with Gasteiger partial charge in [0, 0.05) is 26.2 Å². The molecule has 0 amide bonds. The van der Waals surface area contributed by atoms with Crippen molar-refractivity contribution < 1.29 is 14.2 Å². The molecule has 1 heterocycles. The van der Waals surface area contributed by atoms with Crippen LogP contribution in [0.1, 0.15) is 12.0 Å². The van der Waals surface area contributed by atoms with Crippen molar-refractivity contribution in [3.8, 4) is 5.75 Å². The number of benzene rings is 2. The molecule has 1 aliphatic rings. The summed E-state index contributed by atoms with van der Waals surface area (Å²) < 4.78 is 19.0. The van der Waals surface area contributed by atoms with E-state index >= 15 is 0 Å². The van der Waals surface area contributed by atoms with Gasteiger partial charge < -0.3 is 9.84 Å². The molecule has 2 aromatic rings. The third kappa shape index (κ3) is 5.80. The lowest BCUT2D eigenvalue weighted by molar-refractivity contribution is 0.0678.